The van der Waals surface area contributed by atoms with Crippen molar-refractivity contribution in [3.05, 3.63) is 62.3 Å². The number of para-hydroxylation sites is 1. The molecule has 103 valence electrons. The van der Waals surface area contributed by atoms with E-state index in [2.05, 4.69) is 28.4 Å². The van der Waals surface area contributed by atoms with Crippen LogP contribution in [-0.2, 0) is 20.1 Å². The van der Waals surface area contributed by atoms with Crippen LogP contribution in [0.3, 0.4) is 0 Å². The van der Waals surface area contributed by atoms with Gasteiger partial charge in [0, 0.05) is 50.9 Å². The van der Waals surface area contributed by atoms with Crippen LogP contribution in [0.4, 0.5) is 5.69 Å². The second kappa shape index (κ2) is 5.61. The standard InChI is InChI=1S/C15H11N2O.CH3.Ir/c1-2-7-14-11(4-1)12-5-3-6-13(15(12)18-14)17-9-8-16-10-17;;/h1-5,7-9,16H,10H2;1H3;/q-1;+1;. The SMILES string of the molecule is [CH3+].[Ir].[c-]1ccc2c(oc3ccccc32)c1N1C=CNC1. The van der Waals surface area contributed by atoms with E-state index in [4.69, 9.17) is 4.42 Å². The van der Waals surface area contributed by atoms with E-state index in [9.17, 15) is 0 Å². The number of fused-ring (bicyclic) bond motifs is 3. The van der Waals surface area contributed by atoms with E-state index in [1.807, 2.05) is 36.7 Å². The molecule has 1 aromatic heterocycles. The van der Waals surface area contributed by atoms with Gasteiger partial charge in [0.15, 0.2) is 0 Å². The van der Waals surface area contributed by atoms with E-state index in [1.165, 1.54) is 0 Å². The Kier molecular flexibility index (Phi) is 4.07. The molecule has 1 radical (unpaired) electrons. The molecule has 0 saturated carbocycles. The van der Waals surface area contributed by atoms with Crippen LogP contribution in [0.15, 0.2) is 53.2 Å². The summed E-state index contributed by atoms with van der Waals surface area (Å²) in [5, 5.41) is 5.44. The zero-order chi connectivity index (χ0) is 11.9. The second-order valence-corrected chi connectivity index (χ2v) is 4.32. The maximum Gasteiger partial charge on any atom is 0.116 e. The van der Waals surface area contributed by atoms with E-state index >= 15 is 0 Å². The van der Waals surface area contributed by atoms with Crippen LogP contribution in [-0.4, -0.2) is 6.67 Å². The molecule has 2 aromatic carbocycles. The first-order valence-corrected chi connectivity index (χ1v) is 5.92. The van der Waals surface area contributed by atoms with Crippen molar-refractivity contribution in [1.29, 1.82) is 0 Å². The molecule has 4 heteroatoms. The molecular formula is C16H14IrN2O. The third-order valence-electron chi connectivity index (χ3n) is 3.24. The van der Waals surface area contributed by atoms with Crippen molar-refractivity contribution in [2.45, 2.75) is 0 Å². The molecule has 0 amide bonds. The minimum atomic E-state index is 0. The van der Waals surface area contributed by atoms with Gasteiger partial charge in [0.1, 0.15) is 5.58 Å². The number of hydrogen-bond donors (Lipinski definition) is 1. The fourth-order valence-corrected chi connectivity index (χ4v) is 2.39. The van der Waals surface area contributed by atoms with E-state index < -0.39 is 0 Å². The third-order valence-corrected chi connectivity index (χ3v) is 3.24. The monoisotopic (exact) mass is 443 g/mol. The molecule has 3 aromatic rings. The molecule has 20 heavy (non-hydrogen) atoms. The van der Waals surface area contributed by atoms with Crippen molar-refractivity contribution in [3.63, 3.8) is 0 Å². The Bertz CT molecular complexity index is 763. The fourth-order valence-electron chi connectivity index (χ4n) is 2.39. The largest absolute Gasteiger partial charge is 0.513 e. The first kappa shape index (κ1) is 14.5. The summed E-state index contributed by atoms with van der Waals surface area (Å²) in [6.07, 6.45) is 3.92. The summed E-state index contributed by atoms with van der Waals surface area (Å²) in [6.45, 7) is 0.757. The second-order valence-electron chi connectivity index (χ2n) is 4.32. The molecule has 0 saturated heterocycles. The van der Waals surface area contributed by atoms with Crippen molar-refractivity contribution in [2.24, 2.45) is 0 Å². The maximum atomic E-state index is 5.96. The number of nitrogens with one attached hydrogen (secondary N) is 1. The third kappa shape index (κ3) is 2.07. The molecule has 0 fully saturated rings. The fraction of sp³-hybridized carbons (Fsp3) is 0.0625. The van der Waals surface area contributed by atoms with Gasteiger partial charge in [-0.15, -0.1) is 0 Å². The van der Waals surface area contributed by atoms with Crippen molar-refractivity contribution >= 4 is 27.6 Å². The van der Waals surface area contributed by atoms with Gasteiger partial charge in [0.25, 0.3) is 0 Å². The minimum absolute atomic E-state index is 0. The van der Waals surface area contributed by atoms with Gasteiger partial charge in [-0.2, -0.15) is 18.2 Å². The molecule has 0 atom stereocenters. The number of furan rings is 1. The molecule has 0 unspecified atom stereocenters. The Balaban J connectivity index is 0.000000735. The van der Waals surface area contributed by atoms with E-state index in [-0.39, 0.29) is 27.5 Å². The molecule has 4 rings (SSSR count). The van der Waals surface area contributed by atoms with E-state index in [1.54, 1.807) is 0 Å². The average Bonchev–Trinajstić information content (AvgIpc) is 3.05. The van der Waals surface area contributed by atoms with Crippen LogP contribution in [0.2, 0.25) is 0 Å². The minimum Gasteiger partial charge on any atom is -0.513 e. The number of rotatable bonds is 1. The van der Waals surface area contributed by atoms with Crippen LogP contribution >= 0.6 is 0 Å². The summed E-state index contributed by atoms with van der Waals surface area (Å²) in [5.74, 6) is 0. The molecule has 1 N–H and O–H groups in total. The smallest absolute Gasteiger partial charge is 0.116 e. The summed E-state index contributed by atoms with van der Waals surface area (Å²) in [4.78, 5) is 2.09. The topological polar surface area (TPSA) is 28.4 Å². The summed E-state index contributed by atoms with van der Waals surface area (Å²) in [5.41, 5.74) is 2.79. The summed E-state index contributed by atoms with van der Waals surface area (Å²) in [6, 6.07) is 15.4. The number of benzene rings is 2. The Morgan fingerprint density at radius 1 is 1.15 bits per heavy atom. The van der Waals surface area contributed by atoms with Gasteiger partial charge < -0.3 is 14.6 Å². The van der Waals surface area contributed by atoms with Gasteiger partial charge in [-0.05, 0) is 11.8 Å². The molecule has 0 aliphatic carbocycles. The number of nitrogens with zero attached hydrogens (tertiary/aromatic N) is 1. The summed E-state index contributed by atoms with van der Waals surface area (Å²) < 4.78 is 5.96. The zero-order valence-electron chi connectivity index (χ0n) is 11.0. The van der Waals surface area contributed by atoms with Gasteiger partial charge in [-0.1, -0.05) is 23.6 Å². The molecule has 3 nitrogen and oxygen atoms in total. The van der Waals surface area contributed by atoms with Crippen LogP contribution in [0.25, 0.3) is 21.9 Å². The van der Waals surface area contributed by atoms with Gasteiger partial charge in [-0.3, -0.25) is 0 Å². The quantitative estimate of drug-likeness (QED) is 0.583. The van der Waals surface area contributed by atoms with Gasteiger partial charge in [-0.25, -0.2) is 0 Å². The molecule has 2 heterocycles. The first-order valence-electron chi connectivity index (χ1n) is 5.92. The summed E-state index contributed by atoms with van der Waals surface area (Å²) in [7, 11) is 0. The van der Waals surface area contributed by atoms with E-state index in [0.29, 0.717) is 0 Å². The van der Waals surface area contributed by atoms with Crippen molar-refractivity contribution in [1.82, 2.24) is 5.32 Å². The normalized spacial score (nSPS) is 13.1. The van der Waals surface area contributed by atoms with Gasteiger partial charge >= 0.3 is 0 Å². The molecule has 1 aliphatic heterocycles. The number of anilines is 1. The van der Waals surface area contributed by atoms with Crippen molar-refractivity contribution < 1.29 is 24.5 Å². The molecular weight excluding hydrogens is 428 g/mol. The first-order chi connectivity index (χ1) is 8.93. The molecule has 0 bridgehead atoms. The Morgan fingerprint density at radius 3 is 2.80 bits per heavy atom. The average molecular weight is 443 g/mol. The molecule has 0 spiro atoms. The Morgan fingerprint density at radius 2 is 2.00 bits per heavy atom. The van der Waals surface area contributed by atoms with Crippen molar-refractivity contribution in [3.8, 4) is 0 Å². The van der Waals surface area contributed by atoms with Gasteiger partial charge in [0.05, 0.1) is 6.67 Å². The maximum absolute atomic E-state index is 5.96. The number of hydrogen-bond acceptors (Lipinski definition) is 3. The predicted octanol–water partition coefficient (Wildman–Crippen LogP) is 3.67. The van der Waals surface area contributed by atoms with Crippen LogP contribution < -0.4 is 10.2 Å². The Labute approximate surface area is 131 Å². The molecule has 1 aliphatic rings. The zero-order valence-corrected chi connectivity index (χ0v) is 13.4. The van der Waals surface area contributed by atoms with Crippen LogP contribution in [0, 0.1) is 13.5 Å². The van der Waals surface area contributed by atoms with Gasteiger partial charge in [0.2, 0.25) is 0 Å². The van der Waals surface area contributed by atoms with E-state index in [0.717, 1.165) is 34.3 Å². The van der Waals surface area contributed by atoms with Crippen LogP contribution in [0.1, 0.15) is 0 Å². The predicted molar refractivity (Wildman–Crippen MR) is 78.6 cm³/mol. The Hall–Kier alpha value is -1.90. The van der Waals surface area contributed by atoms with Crippen molar-refractivity contribution in [2.75, 3.05) is 11.6 Å². The van der Waals surface area contributed by atoms with Crippen LogP contribution in [0.5, 0.6) is 0 Å². The summed E-state index contributed by atoms with van der Waals surface area (Å²) >= 11 is 0.